The molecule has 158 valence electrons. The predicted molar refractivity (Wildman–Crippen MR) is 96.9 cm³/mol. The number of hydrogen-bond donors (Lipinski definition) is 1. The Morgan fingerprint density at radius 2 is 1.89 bits per heavy atom. The van der Waals surface area contributed by atoms with E-state index in [1.54, 1.807) is 0 Å². The number of carboxylic acids is 1. The fraction of sp³-hybridized carbons (Fsp3) is 0.842. The maximum Gasteiger partial charge on any atom is 0.490 e. The Morgan fingerprint density at radius 3 is 2.36 bits per heavy atom. The molecule has 1 amide bonds. The minimum absolute atomic E-state index is 0.308. The lowest BCUT2D eigenvalue weighted by atomic mass is 9.85. The molecule has 6 nitrogen and oxygen atoms in total. The molecule has 2 saturated carbocycles. The van der Waals surface area contributed by atoms with Gasteiger partial charge < -0.3 is 10.0 Å². The van der Waals surface area contributed by atoms with Crippen molar-refractivity contribution in [3.63, 3.8) is 0 Å². The first-order valence-electron chi connectivity index (χ1n) is 10.1. The molecule has 9 heteroatoms. The van der Waals surface area contributed by atoms with E-state index in [0.717, 1.165) is 37.7 Å². The molecule has 0 aromatic carbocycles. The lowest BCUT2D eigenvalue weighted by molar-refractivity contribution is -0.192. The summed E-state index contributed by atoms with van der Waals surface area (Å²) in [4.78, 5) is 31.5. The molecule has 0 radical (unpaired) electrons. The van der Waals surface area contributed by atoms with E-state index in [1.807, 2.05) is 4.90 Å². The number of likely N-dealkylation sites (tertiary alicyclic amines) is 1. The Labute approximate surface area is 162 Å². The molecule has 2 heterocycles. The number of fused-ring (bicyclic) bond motifs is 2. The first-order chi connectivity index (χ1) is 13.1. The summed E-state index contributed by atoms with van der Waals surface area (Å²) in [5.74, 6) is 0.702. The number of amidine groups is 1. The highest BCUT2D eigenvalue weighted by Gasteiger charge is 2.60. The van der Waals surface area contributed by atoms with Crippen molar-refractivity contribution < 1.29 is 27.9 Å². The van der Waals surface area contributed by atoms with E-state index >= 15 is 0 Å². The van der Waals surface area contributed by atoms with Crippen molar-refractivity contribution in [2.24, 2.45) is 22.7 Å². The highest BCUT2D eigenvalue weighted by molar-refractivity contribution is 6.08. The third kappa shape index (κ3) is 3.90. The number of carboxylic acid groups (broad SMARTS) is 1. The molecule has 0 unspecified atom stereocenters. The van der Waals surface area contributed by atoms with Crippen molar-refractivity contribution in [1.29, 1.82) is 0 Å². The van der Waals surface area contributed by atoms with E-state index in [1.165, 1.54) is 32.4 Å². The van der Waals surface area contributed by atoms with E-state index in [4.69, 9.17) is 14.9 Å². The van der Waals surface area contributed by atoms with Gasteiger partial charge in [0, 0.05) is 38.5 Å². The number of aliphatic carboxylic acids is 1. The number of carbonyl (C=O) groups is 2. The van der Waals surface area contributed by atoms with Gasteiger partial charge in [-0.2, -0.15) is 13.2 Å². The molecular formula is C19H28F3N3O3. The largest absolute Gasteiger partial charge is 0.490 e. The van der Waals surface area contributed by atoms with Crippen molar-refractivity contribution in [3.05, 3.63) is 0 Å². The second-order valence-corrected chi connectivity index (χ2v) is 8.23. The van der Waals surface area contributed by atoms with Crippen LogP contribution in [-0.4, -0.2) is 70.5 Å². The standard InChI is InChI=1S/C17H27N3O.C2HF3O2/c1-3-15-18-17(16(21)20(15)4-2)8-7-13-10-19(11-14(13)17)9-12-5-6-12;3-2(4,5)1(6)7/h12-14H,3-11H2,1-2H3;(H,6,7)/t13-,14+,17-;/m1./s1. The summed E-state index contributed by atoms with van der Waals surface area (Å²) in [6, 6.07) is 0. The van der Waals surface area contributed by atoms with Crippen molar-refractivity contribution in [1.82, 2.24) is 9.80 Å². The molecule has 2 aliphatic heterocycles. The van der Waals surface area contributed by atoms with Crippen molar-refractivity contribution in [3.8, 4) is 0 Å². The highest BCUT2D eigenvalue weighted by atomic mass is 19.4. The van der Waals surface area contributed by atoms with Gasteiger partial charge in [0.25, 0.3) is 5.91 Å². The van der Waals surface area contributed by atoms with Gasteiger partial charge in [-0.15, -0.1) is 0 Å². The number of nitrogens with zero attached hydrogens (tertiary/aromatic N) is 3. The molecule has 28 heavy (non-hydrogen) atoms. The van der Waals surface area contributed by atoms with Crippen LogP contribution in [0.1, 0.15) is 46.0 Å². The van der Waals surface area contributed by atoms with Gasteiger partial charge in [-0.3, -0.25) is 14.7 Å². The van der Waals surface area contributed by atoms with Crippen LogP contribution in [0.15, 0.2) is 4.99 Å². The Morgan fingerprint density at radius 1 is 1.25 bits per heavy atom. The molecule has 0 aromatic heterocycles. The van der Waals surface area contributed by atoms with Gasteiger partial charge in [0.15, 0.2) is 0 Å². The zero-order valence-corrected chi connectivity index (χ0v) is 16.3. The number of alkyl halides is 3. The van der Waals surface area contributed by atoms with Crippen LogP contribution < -0.4 is 0 Å². The Kier molecular flexibility index (Phi) is 5.76. The summed E-state index contributed by atoms with van der Waals surface area (Å²) in [5.41, 5.74) is -0.385. The molecule has 2 aliphatic carbocycles. The van der Waals surface area contributed by atoms with E-state index < -0.39 is 12.1 Å². The van der Waals surface area contributed by atoms with Crippen LogP contribution in [0.5, 0.6) is 0 Å². The van der Waals surface area contributed by atoms with Gasteiger partial charge in [-0.25, -0.2) is 4.79 Å². The number of likely N-dealkylation sites (N-methyl/N-ethyl adjacent to an activating group) is 1. The summed E-state index contributed by atoms with van der Waals surface area (Å²) >= 11 is 0. The molecule has 0 aromatic rings. The molecule has 3 fully saturated rings. The summed E-state index contributed by atoms with van der Waals surface area (Å²) in [7, 11) is 0. The molecule has 1 spiro atoms. The summed E-state index contributed by atoms with van der Waals surface area (Å²) < 4.78 is 31.7. The maximum absolute atomic E-state index is 13.0. The molecule has 4 rings (SSSR count). The number of rotatable bonds is 4. The highest BCUT2D eigenvalue weighted by Crippen LogP contribution is 2.50. The molecule has 0 bridgehead atoms. The zero-order valence-electron chi connectivity index (χ0n) is 16.3. The number of carbonyl (C=O) groups excluding carboxylic acids is 1. The van der Waals surface area contributed by atoms with Crippen molar-refractivity contribution in [2.75, 3.05) is 26.2 Å². The second kappa shape index (κ2) is 7.65. The fourth-order valence-electron chi connectivity index (χ4n) is 4.89. The van der Waals surface area contributed by atoms with Gasteiger partial charge in [0.2, 0.25) is 0 Å². The number of halogens is 3. The lowest BCUT2D eigenvalue weighted by Gasteiger charge is -2.28. The molecule has 1 saturated heterocycles. The number of hydrogen-bond acceptors (Lipinski definition) is 4. The number of aliphatic imine (C=N–C) groups is 1. The molecular weight excluding hydrogens is 375 g/mol. The first-order valence-corrected chi connectivity index (χ1v) is 10.1. The van der Waals surface area contributed by atoms with Crippen LogP contribution in [0.25, 0.3) is 0 Å². The third-order valence-corrected chi connectivity index (χ3v) is 6.37. The van der Waals surface area contributed by atoms with E-state index in [-0.39, 0.29) is 5.54 Å². The van der Waals surface area contributed by atoms with Crippen molar-refractivity contribution in [2.45, 2.75) is 57.7 Å². The van der Waals surface area contributed by atoms with Crippen LogP contribution in [0.4, 0.5) is 13.2 Å². The van der Waals surface area contributed by atoms with Crippen LogP contribution in [0.2, 0.25) is 0 Å². The smallest absolute Gasteiger partial charge is 0.475 e. The van der Waals surface area contributed by atoms with Crippen LogP contribution in [0, 0.1) is 17.8 Å². The zero-order chi connectivity index (χ0) is 20.7. The Bertz CT molecular complexity index is 663. The molecule has 3 atom stereocenters. The monoisotopic (exact) mass is 403 g/mol. The van der Waals surface area contributed by atoms with Crippen LogP contribution in [0.3, 0.4) is 0 Å². The summed E-state index contributed by atoms with van der Waals surface area (Å²) in [6.45, 7) is 8.54. The van der Waals surface area contributed by atoms with Crippen LogP contribution in [-0.2, 0) is 9.59 Å². The van der Waals surface area contributed by atoms with Gasteiger partial charge in [-0.1, -0.05) is 6.92 Å². The average Bonchev–Trinajstić information content (AvgIpc) is 3.13. The second-order valence-electron chi connectivity index (χ2n) is 8.23. The first kappa shape index (κ1) is 21.1. The third-order valence-electron chi connectivity index (χ3n) is 6.37. The Balaban J connectivity index is 0.000000279. The van der Waals surface area contributed by atoms with E-state index in [9.17, 15) is 18.0 Å². The topological polar surface area (TPSA) is 73.2 Å². The summed E-state index contributed by atoms with van der Waals surface area (Å²) in [6.07, 6.45) is 0.799. The van der Waals surface area contributed by atoms with E-state index in [2.05, 4.69) is 18.7 Å². The quantitative estimate of drug-likeness (QED) is 0.784. The minimum atomic E-state index is -5.08. The van der Waals surface area contributed by atoms with Gasteiger partial charge in [-0.05, 0) is 44.4 Å². The van der Waals surface area contributed by atoms with E-state index in [0.29, 0.717) is 17.7 Å². The maximum atomic E-state index is 13.0. The van der Waals surface area contributed by atoms with Gasteiger partial charge in [0.05, 0.1) is 0 Å². The van der Waals surface area contributed by atoms with Gasteiger partial charge >= 0.3 is 12.1 Å². The van der Waals surface area contributed by atoms with Crippen molar-refractivity contribution >= 4 is 17.7 Å². The Hall–Kier alpha value is -1.64. The van der Waals surface area contributed by atoms with Gasteiger partial charge in [0.1, 0.15) is 11.4 Å². The lowest BCUT2D eigenvalue weighted by Crippen LogP contribution is -2.46. The number of amides is 1. The van der Waals surface area contributed by atoms with Crippen LogP contribution >= 0.6 is 0 Å². The fourth-order valence-corrected chi connectivity index (χ4v) is 4.89. The SMILES string of the molecule is CCC1=N[C@@]2(CC[C@@H]3CN(CC4CC4)C[C@@H]32)C(=O)N1CC.O=C(O)C(F)(F)F. The molecule has 1 N–H and O–H groups in total. The predicted octanol–water partition coefficient (Wildman–Crippen LogP) is 2.78. The minimum Gasteiger partial charge on any atom is -0.475 e. The molecule has 4 aliphatic rings. The average molecular weight is 403 g/mol. The normalized spacial score (nSPS) is 32.4. The summed E-state index contributed by atoms with van der Waals surface area (Å²) in [5, 5.41) is 7.12.